The predicted molar refractivity (Wildman–Crippen MR) is 55.7 cm³/mol. The second-order valence-electron chi connectivity index (χ2n) is 4.22. The van der Waals surface area contributed by atoms with Gasteiger partial charge in [0.05, 0.1) is 0 Å². The third-order valence-electron chi connectivity index (χ3n) is 2.22. The fourth-order valence-corrected chi connectivity index (χ4v) is 1.40. The molecular formula is C9H16F3N5. The molecule has 0 spiro atoms. The Balaban J connectivity index is 2.76. The Kier molecular flexibility index (Phi) is 4.47. The summed E-state index contributed by atoms with van der Waals surface area (Å²) in [6, 6.07) is -1.81. The number of hydrogen-bond donors (Lipinski definition) is 2. The Morgan fingerprint density at radius 3 is 2.59 bits per heavy atom. The highest BCUT2D eigenvalue weighted by Crippen LogP contribution is 2.22. The molecule has 1 aromatic rings. The second kappa shape index (κ2) is 5.46. The first kappa shape index (κ1) is 13.9. The van der Waals surface area contributed by atoms with Crippen LogP contribution in [0.15, 0.2) is 6.33 Å². The molecule has 1 atom stereocenters. The first-order valence-electron chi connectivity index (χ1n) is 5.24. The zero-order valence-corrected chi connectivity index (χ0v) is 9.70. The van der Waals surface area contributed by atoms with E-state index in [1.807, 2.05) is 13.8 Å². The minimum atomic E-state index is -4.40. The molecule has 0 aliphatic carbocycles. The molecule has 0 aromatic carbocycles. The Hall–Kier alpha value is -1.15. The molecular weight excluding hydrogens is 235 g/mol. The molecule has 17 heavy (non-hydrogen) atoms. The normalized spacial score (nSPS) is 14.3. The van der Waals surface area contributed by atoms with Crippen LogP contribution in [-0.2, 0) is 13.0 Å². The van der Waals surface area contributed by atoms with Crippen LogP contribution in [0.1, 0.15) is 19.7 Å². The van der Waals surface area contributed by atoms with Gasteiger partial charge in [0.2, 0.25) is 0 Å². The lowest BCUT2D eigenvalue weighted by Crippen LogP contribution is -2.48. The maximum atomic E-state index is 12.5. The van der Waals surface area contributed by atoms with Crippen LogP contribution in [0.4, 0.5) is 13.2 Å². The van der Waals surface area contributed by atoms with Gasteiger partial charge in [0, 0.05) is 13.0 Å². The molecule has 0 fully saturated rings. The topological polar surface area (TPSA) is 68.8 Å². The SMILES string of the molecule is CC(C)Cn1ncnc1CC(NN)C(F)(F)F. The Morgan fingerprint density at radius 2 is 2.12 bits per heavy atom. The number of nitrogens with two attached hydrogens (primary N) is 1. The van der Waals surface area contributed by atoms with Crippen LogP contribution in [0.5, 0.6) is 0 Å². The first-order chi connectivity index (χ1) is 7.84. The van der Waals surface area contributed by atoms with E-state index in [0.717, 1.165) is 0 Å². The number of aromatic nitrogens is 3. The largest absolute Gasteiger partial charge is 0.405 e. The van der Waals surface area contributed by atoms with Crippen molar-refractivity contribution in [3.8, 4) is 0 Å². The molecule has 8 heteroatoms. The van der Waals surface area contributed by atoms with Gasteiger partial charge in [-0.25, -0.2) is 15.1 Å². The van der Waals surface area contributed by atoms with Crippen LogP contribution >= 0.6 is 0 Å². The molecule has 0 aliphatic heterocycles. The van der Waals surface area contributed by atoms with E-state index in [9.17, 15) is 13.2 Å². The molecule has 0 bridgehead atoms. The van der Waals surface area contributed by atoms with Gasteiger partial charge < -0.3 is 0 Å². The zero-order chi connectivity index (χ0) is 13.1. The summed E-state index contributed by atoms with van der Waals surface area (Å²) in [7, 11) is 0. The molecule has 0 radical (unpaired) electrons. The van der Waals surface area contributed by atoms with Crippen molar-refractivity contribution in [2.45, 2.75) is 39.0 Å². The highest BCUT2D eigenvalue weighted by molar-refractivity contribution is 4.92. The van der Waals surface area contributed by atoms with Crippen LogP contribution < -0.4 is 11.3 Å². The van der Waals surface area contributed by atoms with E-state index in [1.165, 1.54) is 11.0 Å². The lowest BCUT2D eigenvalue weighted by molar-refractivity contribution is -0.156. The van der Waals surface area contributed by atoms with Crippen molar-refractivity contribution < 1.29 is 13.2 Å². The Bertz CT molecular complexity index is 347. The molecule has 0 saturated carbocycles. The van der Waals surface area contributed by atoms with Gasteiger partial charge in [-0.15, -0.1) is 0 Å². The monoisotopic (exact) mass is 251 g/mol. The number of nitrogens with one attached hydrogen (secondary N) is 1. The van der Waals surface area contributed by atoms with E-state index >= 15 is 0 Å². The molecule has 1 aromatic heterocycles. The standard InChI is InChI=1S/C9H16F3N5/c1-6(2)4-17-8(14-5-15-17)3-7(16-13)9(10,11)12/h5-7,16H,3-4,13H2,1-2H3. The summed E-state index contributed by atoms with van der Waals surface area (Å²) < 4.78 is 39.0. The molecule has 98 valence electrons. The maximum absolute atomic E-state index is 12.5. The fraction of sp³-hybridized carbons (Fsp3) is 0.778. The van der Waals surface area contributed by atoms with Crippen molar-refractivity contribution in [3.05, 3.63) is 12.2 Å². The Labute approximate surface area is 97.2 Å². The summed E-state index contributed by atoms with van der Waals surface area (Å²) in [5.41, 5.74) is 1.75. The lowest BCUT2D eigenvalue weighted by Gasteiger charge is -2.19. The molecule has 0 aliphatic rings. The number of halogens is 3. The molecule has 1 heterocycles. The molecule has 0 amide bonds. The van der Waals surface area contributed by atoms with Gasteiger partial charge in [0.1, 0.15) is 18.2 Å². The van der Waals surface area contributed by atoms with Crippen molar-refractivity contribution in [1.82, 2.24) is 20.2 Å². The molecule has 1 unspecified atom stereocenters. The number of nitrogens with zero attached hydrogens (tertiary/aromatic N) is 3. The van der Waals surface area contributed by atoms with Crippen LogP contribution in [0, 0.1) is 5.92 Å². The summed E-state index contributed by atoms with van der Waals surface area (Å²) in [5.74, 6) is 5.46. The summed E-state index contributed by atoms with van der Waals surface area (Å²) in [6.07, 6.45) is -3.47. The zero-order valence-electron chi connectivity index (χ0n) is 9.70. The van der Waals surface area contributed by atoms with Crippen molar-refractivity contribution in [2.75, 3.05) is 0 Å². The molecule has 0 saturated heterocycles. The predicted octanol–water partition coefficient (Wildman–Crippen LogP) is 0.871. The van der Waals surface area contributed by atoms with Crippen LogP contribution in [-0.4, -0.2) is 27.0 Å². The number of rotatable bonds is 5. The van der Waals surface area contributed by atoms with Gasteiger partial charge in [-0.1, -0.05) is 13.8 Å². The average molecular weight is 251 g/mol. The average Bonchev–Trinajstić information content (AvgIpc) is 2.59. The summed E-state index contributed by atoms with van der Waals surface area (Å²) in [5, 5.41) is 3.90. The fourth-order valence-electron chi connectivity index (χ4n) is 1.40. The molecule has 5 nitrogen and oxygen atoms in total. The minimum Gasteiger partial charge on any atom is -0.271 e. The van der Waals surface area contributed by atoms with Gasteiger partial charge in [0.15, 0.2) is 0 Å². The van der Waals surface area contributed by atoms with Gasteiger partial charge in [-0.2, -0.15) is 18.3 Å². The van der Waals surface area contributed by atoms with Gasteiger partial charge in [-0.05, 0) is 5.92 Å². The van der Waals surface area contributed by atoms with Crippen LogP contribution in [0.2, 0.25) is 0 Å². The minimum absolute atomic E-state index is 0.277. The highest BCUT2D eigenvalue weighted by atomic mass is 19.4. The lowest BCUT2D eigenvalue weighted by atomic mass is 10.2. The summed E-state index contributed by atoms with van der Waals surface area (Å²) >= 11 is 0. The summed E-state index contributed by atoms with van der Waals surface area (Å²) in [4.78, 5) is 3.83. The summed E-state index contributed by atoms with van der Waals surface area (Å²) in [6.45, 7) is 4.44. The molecule has 3 N–H and O–H groups in total. The molecule has 1 rings (SSSR count). The van der Waals surface area contributed by atoms with Gasteiger partial charge >= 0.3 is 6.18 Å². The van der Waals surface area contributed by atoms with E-state index < -0.39 is 12.2 Å². The van der Waals surface area contributed by atoms with Gasteiger partial charge in [-0.3, -0.25) is 5.84 Å². The van der Waals surface area contributed by atoms with Crippen molar-refractivity contribution in [1.29, 1.82) is 0 Å². The second-order valence-corrected chi connectivity index (χ2v) is 4.22. The Morgan fingerprint density at radius 1 is 1.47 bits per heavy atom. The van der Waals surface area contributed by atoms with Crippen molar-refractivity contribution in [3.63, 3.8) is 0 Å². The van der Waals surface area contributed by atoms with E-state index in [1.54, 1.807) is 5.43 Å². The number of alkyl halides is 3. The highest BCUT2D eigenvalue weighted by Gasteiger charge is 2.39. The number of hydrazine groups is 1. The van der Waals surface area contributed by atoms with E-state index in [-0.39, 0.29) is 18.2 Å². The van der Waals surface area contributed by atoms with E-state index in [4.69, 9.17) is 5.84 Å². The maximum Gasteiger partial charge on any atom is 0.405 e. The number of hydrogen-bond acceptors (Lipinski definition) is 4. The van der Waals surface area contributed by atoms with E-state index in [2.05, 4.69) is 10.1 Å². The van der Waals surface area contributed by atoms with Crippen molar-refractivity contribution in [2.24, 2.45) is 11.8 Å². The first-order valence-corrected chi connectivity index (χ1v) is 5.24. The third-order valence-corrected chi connectivity index (χ3v) is 2.22. The van der Waals surface area contributed by atoms with Crippen LogP contribution in [0.3, 0.4) is 0 Å². The van der Waals surface area contributed by atoms with Crippen molar-refractivity contribution >= 4 is 0 Å². The quantitative estimate of drug-likeness (QED) is 0.602. The van der Waals surface area contributed by atoms with Gasteiger partial charge in [0.25, 0.3) is 0 Å². The smallest absolute Gasteiger partial charge is 0.271 e. The van der Waals surface area contributed by atoms with E-state index in [0.29, 0.717) is 6.54 Å². The van der Waals surface area contributed by atoms with Crippen LogP contribution in [0.25, 0.3) is 0 Å². The third kappa shape index (κ3) is 3.97.